The lowest BCUT2D eigenvalue weighted by Crippen LogP contribution is -2.32. The zero-order chi connectivity index (χ0) is 21.3. The Morgan fingerprint density at radius 2 is 1.90 bits per heavy atom. The maximum atomic E-state index is 13.4. The van der Waals surface area contributed by atoms with E-state index in [4.69, 9.17) is 21.3 Å². The normalized spacial score (nSPS) is 23.5. The van der Waals surface area contributed by atoms with Crippen molar-refractivity contribution < 1.29 is 9.53 Å². The van der Waals surface area contributed by atoms with E-state index in [2.05, 4.69) is 6.07 Å². The third kappa shape index (κ3) is 3.66. The number of aliphatic imine (C=N–C) groups is 1. The number of carbonyl (C=O) groups excluding carboxylic acids is 1. The van der Waals surface area contributed by atoms with Gasteiger partial charge in [0.2, 0.25) is 0 Å². The number of rotatable bonds is 4. The fourth-order valence-electron chi connectivity index (χ4n) is 4.56. The molecule has 0 amide bonds. The highest BCUT2D eigenvalue weighted by Crippen LogP contribution is 2.48. The minimum atomic E-state index is -0.485. The van der Waals surface area contributed by atoms with Gasteiger partial charge in [0, 0.05) is 39.9 Å². The molecule has 2 aromatic rings. The maximum absolute atomic E-state index is 13.4. The SMILES string of the molecule is CCOc1ccccc1[C@@H]1C2=C(C[C@H](c3ccc(Cl)cc3)CC2=O)N=C(C)C1C#N. The molecule has 5 heteroatoms. The number of Topliss-reactive ketones (excluding diaryl/α,β-unsaturated/α-hetero) is 1. The summed E-state index contributed by atoms with van der Waals surface area (Å²) in [6.45, 7) is 4.33. The predicted molar refractivity (Wildman–Crippen MR) is 118 cm³/mol. The summed E-state index contributed by atoms with van der Waals surface area (Å²) in [4.78, 5) is 18.1. The summed E-state index contributed by atoms with van der Waals surface area (Å²) in [5.41, 5.74) is 4.18. The van der Waals surface area contributed by atoms with Crippen LogP contribution < -0.4 is 4.74 Å². The minimum absolute atomic E-state index is 0.0593. The van der Waals surface area contributed by atoms with Gasteiger partial charge in [0.1, 0.15) is 5.75 Å². The van der Waals surface area contributed by atoms with Crippen LogP contribution in [0.15, 0.2) is 64.8 Å². The number of hydrogen-bond donors (Lipinski definition) is 0. The molecule has 2 aliphatic rings. The molecule has 1 aliphatic heterocycles. The van der Waals surface area contributed by atoms with Gasteiger partial charge in [-0.15, -0.1) is 0 Å². The van der Waals surface area contributed by atoms with Gasteiger partial charge in [0.15, 0.2) is 5.78 Å². The molecule has 2 aromatic carbocycles. The average molecular weight is 419 g/mol. The van der Waals surface area contributed by atoms with Crippen molar-refractivity contribution in [2.45, 2.75) is 38.5 Å². The van der Waals surface area contributed by atoms with Gasteiger partial charge >= 0.3 is 0 Å². The molecule has 0 saturated carbocycles. The van der Waals surface area contributed by atoms with Crippen LogP contribution >= 0.6 is 11.6 Å². The lowest BCUT2D eigenvalue weighted by atomic mass is 9.69. The van der Waals surface area contributed by atoms with Crippen molar-refractivity contribution in [1.29, 1.82) is 5.26 Å². The zero-order valence-electron chi connectivity index (χ0n) is 17.1. The third-order valence-corrected chi connectivity index (χ3v) is 6.17. The number of allylic oxidation sites excluding steroid dienone is 2. The van der Waals surface area contributed by atoms with Crippen molar-refractivity contribution in [3.63, 3.8) is 0 Å². The van der Waals surface area contributed by atoms with E-state index in [0.29, 0.717) is 30.0 Å². The number of benzene rings is 2. The first-order valence-electron chi connectivity index (χ1n) is 10.2. The summed E-state index contributed by atoms with van der Waals surface area (Å²) < 4.78 is 5.84. The van der Waals surface area contributed by atoms with E-state index in [9.17, 15) is 10.1 Å². The topological polar surface area (TPSA) is 62.4 Å². The molecule has 0 bridgehead atoms. The number of ketones is 1. The van der Waals surface area contributed by atoms with Gasteiger partial charge in [-0.1, -0.05) is 41.9 Å². The van der Waals surface area contributed by atoms with Crippen LogP contribution in [0.25, 0.3) is 0 Å². The summed E-state index contributed by atoms with van der Waals surface area (Å²) in [6.07, 6.45) is 1.08. The molecule has 1 unspecified atom stereocenters. The fraction of sp³-hybridized carbons (Fsp3) is 0.320. The van der Waals surface area contributed by atoms with Gasteiger partial charge in [0.05, 0.1) is 18.6 Å². The Balaban J connectivity index is 1.80. The second kappa shape index (κ2) is 8.45. The van der Waals surface area contributed by atoms with Gasteiger partial charge in [0.25, 0.3) is 0 Å². The Bertz CT molecular complexity index is 1080. The zero-order valence-corrected chi connectivity index (χ0v) is 17.8. The summed E-state index contributed by atoms with van der Waals surface area (Å²) in [5, 5.41) is 10.6. The molecule has 0 spiro atoms. The number of ether oxygens (including phenoxy) is 1. The largest absolute Gasteiger partial charge is 0.494 e. The molecule has 1 heterocycles. The van der Waals surface area contributed by atoms with E-state index in [0.717, 1.165) is 28.3 Å². The van der Waals surface area contributed by atoms with Crippen molar-refractivity contribution in [2.75, 3.05) is 6.61 Å². The Morgan fingerprint density at radius 3 is 2.60 bits per heavy atom. The molecule has 152 valence electrons. The number of nitriles is 1. The first-order valence-corrected chi connectivity index (χ1v) is 10.6. The van der Waals surface area contributed by atoms with Crippen LogP contribution in [0, 0.1) is 17.2 Å². The standard InChI is InChI=1S/C25H23ClN2O2/c1-3-30-23-7-5-4-6-19(23)24-20(14-27)15(2)28-21-12-17(13-22(29)25(21)24)16-8-10-18(26)11-9-16/h4-11,17,20,24H,3,12-13H2,1-2H3/t17-,20?,24-/m0/s1. The molecule has 3 atom stereocenters. The number of nitrogens with zero attached hydrogens (tertiary/aromatic N) is 2. The third-order valence-electron chi connectivity index (χ3n) is 5.92. The summed E-state index contributed by atoms with van der Waals surface area (Å²) in [7, 11) is 0. The number of para-hydroxylation sites is 1. The van der Waals surface area contributed by atoms with E-state index in [1.54, 1.807) is 0 Å². The van der Waals surface area contributed by atoms with Crippen LogP contribution in [-0.2, 0) is 4.79 Å². The summed E-state index contributed by atoms with van der Waals surface area (Å²) in [5.74, 6) is 0.000204. The first kappa shape index (κ1) is 20.4. The Hall–Kier alpha value is -2.90. The number of carbonyl (C=O) groups is 1. The lowest BCUT2D eigenvalue weighted by Gasteiger charge is -2.35. The van der Waals surface area contributed by atoms with Crippen molar-refractivity contribution >= 4 is 23.1 Å². The van der Waals surface area contributed by atoms with Crippen LogP contribution in [0.1, 0.15) is 49.7 Å². The highest BCUT2D eigenvalue weighted by Gasteiger charge is 2.42. The van der Waals surface area contributed by atoms with E-state index in [-0.39, 0.29) is 17.6 Å². The van der Waals surface area contributed by atoms with Gasteiger partial charge in [-0.2, -0.15) is 5.26 Å². The molecule has 1 aliphatic carbocycles. The molecule has 30 heavy (non-hydrogen) atoms. The molecule has 0 saturated heterocycles. The Labute approximate surface area is 181 Å². The fourth-order valence-corrected chi connectivity index (χ4v) is 4.68. The molecule has 4 rings (SSSR count). The predicted octanol–water partition coefficient (Wildman–Crippen LogP) is 5.84. The quantitative estimate of drug-likeness (QED) is 0.626. The van der Waals surface area contributed by atoms with Gasteiger partial charge < -0.3 is 4.74 Å². The van der Waals surface area contributed by atoms with Crippen molar-refractivity contribution in [1.82, 2.24) is 0 Å². The molecule has 0 radical (unpaired) electrons. The van der Waals surface area contributed by atoms with Crippen molar-refractivity contribution in [2.24, 2.45) is 10.9 Å². The van der Waals surface area contributed by atoms with E-state index in [1.807, 2.05) is 62.4 Å². The van der Waals surface area contributed by atoms with Crippen LogP contribution in [0.2, 0.25) is 5.02 Å². The van der Waals surface area contributed by atoms with Gasteiger partial charge in [-0.25, -0.2) is 0 Å². The van der Waals surface area contributed by atoms with Crippen molar-refractivity contribution in [3.8, 4) is 11.8 Å². The van der Waals surface area contributed by atoms with Crippen molar-refractivity contribution in [3.05, 3.63) is 76.0 Å². The highest BCUT2D eigenvalue weighted by molar-refractivity contribution is 6.30. The number of hydrogen-bond acceptors (Lipinski definition) is 4. The molecule has 0 fully saturated rings. The first-order chi connectivity index (χ1) is 14.5. The van der Waals surface area contributed by atoms with Gasteiger partial charge in [-0.05, 0) is 49.9 Å². The summed E-state index contributed by atoms with van der Waals surface area (Å²) in [6, 6.07) is 17.8. The van der Waals surface area contributed by atoms with Gasteiger partial charge in [-0.3, -0.25) is 9.79 Å². The van der Waals surface area contributed by atoms with Crippen LogP contribution in [0.3, 0.4) is 0 Å². The smallest absolute Gasteiger partial charge is 0.161 e. The lowest BCUT2D eigenvalue weighted by molar-refractivity contribution is -0.116. The molecular weight excluding hydrogens is 396 g/mol. The highest BCUT2D eigenvalue weighted by atomic mass is 35.5. The van der Waals surface area contributed by atoms with Crippen LogP contribution in [-0.4, -0.2) is 18.1 Å². The van der Waals surface area contributed by atoms with E-state index in [1.165, 1.54) is 0 Å². The second-order valence-electron chi connectivity index (χ2n) is 7.75. The van der Waals surface area contributed by atoms with Crippen LogP contribution in [0.4, 0.5) is 0 Å². The molecule has 4 nitrogen and oxygen atoms in total. The Kier molecular flexibility index (Phi) is 5.74. The summed E-state index contributed by atoms with van der Waals surface area (Å²) >= 11 is 6.03. The monoisotopic (exact) mass is 418 g/mol. The molecule has 0 aromatic heterocycles. The van der Waals surface area contributed by atoms with E-state index >= 15 is 0 Å². The second-order valence-corrected chi connectivity index (χ2v) is 8.19. The van der Waals surface area contributed by atoms with Crippen LogP contribution in [0.5, 0.6) is 5.75 Å². The Morgan fingerprint density at radius 1 is 1.17 bits per heavy atom. The molecule has 0 N–H and O–H groups in total. The number of halogens is 1. The van der Waals surface area contributed by atoms with E-state index < -0.39 is 5.92 Å². The average Bonchev–Trinajstić information content (AvgIpc) is 2.74. The maximum Gasteiger partial charge on any atom is 0.161 e. The molecular formula is C25H23ClN2O2. The minimum Gasteiger partial charge on any atom is -0.494 e.